The summed E-state index contributed by atoms with van der Waals surface area (Å²) in [5.41, 5.74) is 6.92. The molecular formula is C9H8INS2. The van der Waals surface area contributed by atoms with Gasteiger partial charge in [0.15, 0.2) is 0 Å². The van der Waals surface area contributed by atoms with Crippen LogP contribution in [0.25, 0.3) is 10.1 Å². The molecule has 0 radical (unpaired) electrons. The topological polar surface area (TPSA) is 26.0 Å². The van der Waals surface area contributed by atoms with Gasteiger partial charge in [0.1, 0.15) is 0 Å². The molecule has 0 atom stereocenters. The van der Waals surface area contributed by atoms with Gasteiger partial charge < -0.3 is 5.73 Å². The molecule has 1 nitrogen and oxygen atoms in total. The van der Waals surface area contributed by atoms with Crippen molar-refractivity contribution < 1.29 is 0 Å². The Kier molecular flexibility index (Phi) is 2.71. The Labute approximate surface area is 98.8 Å². The molecular weight excluding hydrogens is 313 g/mol. The number of halogens is 1. The average Bonchev–Trinajstić information content (AvgIpc) is 2.54. The molecule has 2 aromatic rings. The third kappa shape index (κ3) is 1.55. The summed E-state index contributed by atoms with van der Waals surface area (Å²) in [7, 11) is 0. The maximum Gasteiger partial charge on any atom is 0.0602 e. The van der Waals surface area contributed by atoms with Gasteiger partial charge in [0, 0.05) is 13.2 Å². The number of anilines is 1. The highest BCUT2D eigenvalue weighted by Gasteiger charge is 2.08. The summed E-state index contributed by atoms with van der Waals surface area (Å²) in [5, 5.41) is 3.41. The number of benzene rings is 1. The minimum absolute atomic E-state index is 0.919. The second-order valence-electron chi connectivity index (χ2n) is 2.64. The molecule has 0 aliphatic carbocycles. The molecule has 0 aliphatic heterocycles. The van der Waals surface area contributed by atoms with Gasteiger partial charge in [0.2, 0.25) is 0 Å². The molecule has 1 aromatic carbocycles. The second kappa shape index (κ2) is 3.67. The Morgan fingerprint density at radius 1 is 1.54 bits per heavy atom. The number of nitrogen functional groups attached to an aromatic ring is 1. The largest absolute Gasteiger partial charge is 0.397 e. The first-order chi connectivity index (χ1) is 6.24. The zero-order valence-electron chi connectivity index (χ0n) is 7.00. The van der Waals surface area contributed by atoms with Crippen molar-refractivity contribution in [3.8, 4) is 0 Å². The Balaban J connectivity index is 2.87. The normalized spacial score (nSPS) is 10.9. The summed E-state index contributed by atoms with van der Waals surface area (Å²) in [5.74, 6) is 0. The highest BCUT2D eigenvalue weighted by molar-refractivity contribution is 14.1. The summed E-state index contributed by atoms with van der Waals surface area (Å²) in [4.78, 5) is 1.22. The number of hydrogen-bond acceptors (Lipinski definition) is 3. The predicted octanol–water partition coefficient (Wildman–Crippen LogP) is 3.81. The molecule has 2 rings (SSSR count). The second-order valence-corrected chi connectivity index (χ2v) is 5.54. The van der Waals surface area contributed by atoms with E-state index in [4.69, 9.17) is 5.73 Å². The molecule has 4 heteroatoms. The molecule has 68 valence electrons. The number of thioether (sulfide) groups is 1. The van der Waals surface area contributed by atoms with Gasteiger partial charge in [-0.25, -0.2) is 0 Å². The molecule has 0 fully saturated rings. The van der Waals surface area contributed by atoms with Crippen molar-refractivity contribution in [1.82, 2.24) is 0 Å². The third-order valence-electron chi connectivity index (χ3n) is 1.89. The number of nitrogens with two attached hydrogens (primary N) is 1. The summed E-state index contributed by atoms with van der Waals surface area (Å²) in [6.07, 6.45) is 2.07. The van der Waals surface area contributed by atoms with E-state index >= 15 is 0 Å². The van der Waals surface area contributed by atoms with Crippen LogP contribution < -0.4 is 5.73 Å². The van der Waals surface area contributed by atoms with Crippen LogP contribution in [-0.2, 0) is 0 Å². The Morgan fingerprint density at radius 2 is 2.31 bits per heavy atom. The lowest BCUT2D eigenvalue weighted by atomic mass is 10.2. The van der Waals surface area contributed by atoms with Gasteiger partial charge in [-0.2, -0.15) is 0 Å². The Bertz CT molecular complexity index is 450. The monoisotopic (exact) mass is 321 g/mol. The molecule has 0 amide bonds. The first-order valence-electron chi connectivity index (χ1n) is 3.73. The predicted molar refractivity (Wildman–Crippen MR) is 70.7 cm³/mol. The SMILES string of the molecule is CSc1c(N)c(I)cc2ccsc12. The summed E-state index contributed by atoms with van der Waals surface area (Å²) < 4.78 is 2.46. The number of thiophene rings is 1. The van der Waals surface area contributed by atoms with Gasteiger partial charge >= 0.3 is 0 Å². The van der Waals surface area contributed by atoms with Crippen molar-refractivity contribution in [3.63, 3.8) is 0 Å². The van der Waals surface area contributed by atoms with Crippen molar-refractivity contribution >= 4 is 61.5 Å². The fourth-order valence-corrected chi connectivity index (χ4v) is 3.91. The maximum atomic E-state index is 6.00. The van der Waals surface area contributed by atoms with E-state index in [0.29, 0.717) is 0 Å². The van der Waals surface area contributed by atoms with E-state index in [-0.39, 0.29) is 0 Å². The zero-order valence-corrected chi connectivity index (χ0v) is 10.8. The van der Waals surface area contributed by atoms with Crippen LogP contribution in [0, 0.1) is 3.57 Å². The first-order valence-corrected chi connectivity index (χ1v) is 6.91. The summed E-state index contributed by atoms with van der Waals surface area (Å²) in [6, 6.07) is 4.28. The van der Waals surface area contributed by atoms with E-state index in [9.17, 15) is 0 Å². The standard InChI is InChI=1S/C9H8INS2/c1-12-9-7(11)6(10)4-5-2-3-13-8(5)9/h2-4H,11H2,1H3. The quantitative estimate of drug-likeness (QED) is 0.491. The van der Waals surface area contributed by atoms with Crippen molar-refractivity contribution in [2.75, 3.05) is 12.0 Å². The molecule has 13 heavy (non-hydrogen) atoms. The van der Waals surface area contributed by atoms with Crippen LogP contribution in [0.4, 0.5) is 5.69 Å². The fourth-order valence-electron chi connectivity index (χ4n) is 1.27. The van der Waals surface area contributed by atoms with E-state index in [1.165, 1.54) is 15.0 Å². The van der Waals surface area contributed by atoms with Gasteiger partial charge in [0.05, 0.1) is 5.69 Å². The van der Waals surface area contributed by atoms with Crippen LogP contribution in [0.1, 0.15) is 0 Å². The van der Waals surface area contributed by atoms with E-state index in [0.717, 1.165) is 9.26 Å². The number of fused-ring (bicyclic) bond motifs is 1. The van der Waals surface area contributed by atoms with E-state index in [1.54, 1.807) is 23.1 Å². The molecule has 0 aliphatic rings. The minimum atomic E-state index is 0.919. The van der Waals surface area contributed by atoms with Gasteiger partial charge in [0.25, 0.3) is 0 Å². The highest BCUT2D eigenvalue weighted by Crippen LogP contribution is 2.38. The third-order valence-corrected chi connectivity index (χ3v) is 4.69. The van der Waals surface area contributed by atoms with Crippen LogP contribution in [0.3, 0.4) is 0 Å². The van der Waals surface area contributed by atoms with Crippen molar-refractivity contribution in [2.45, 2.75) is 4.90 Å². The van der Waals surface area contributed by atoms with Gasteiger partial charge in [-0.1, -0.05) is 0 Å². The van der Waals surface area contributed by atoms with E-state index in [2.05, 4.69) is 46.4 Å². The fraction of sp³-hybridized carbons (Fsp3) is 0.111. The van der Waals surface area contributed by atoms with Crippen molar-refractivity contribution in [1.29, 1.82) is 0 Å². The molecule has 0 saturated carbocycles. The van der Waals surface area contributed by atoms with Crippen LogP contribution in [0.2, 0.25) is 0 Å². The summed E-state index contributed by atoms with van der Waals surface area (Å²) >= 11 is 5.77. The lowest BCUT2D eigenvalue weighted by Crippen LogP contribution is -1.91. The lowest BCUT2D eigenvalue weighted by Gasteiger charge is -2.05. The highest BCUT2D eigenvalue weighted by atomic mass is 127. The van der Waals surface area contributed by atoms with E-state index < -0.39 is 0 Å². The Hall–Kier alpha value is 0.0600. The van der Waals surface area contributed by atoms with Gasteiger partial charge in [-0.15, -0.1) is 23.1 Å². The lowest BCUT2D eigenvalue weighted by molar-refractivity contribution is 1.54. The maximum absolute atomic E-state index is 6.00. The van der Waals surface area contributed by atoms with Crippen molar-refractivity contribution in [3.05, 3.63) is 21.1 Å². The molecule has 1 heterocycles. The van der Waals surface area contributed by atoms with Crippen LogP contribution in [-0.4, -0.2) is 6.26 Å². The molecule has 0 spiro atoms. The van der Waals surface area contributed by atoms with Crippen LogP contribution in [0.5, 0.6) is 0 Å². The number of hydrogen-bond donors (Lipinski definition) is 1. The molecule has 0 saturated heterocycles. The van der Waals surface area contributed by atoms with Gasteiger partial charge in [-0.05, 0) is 51.7 Å². The van der Waals surface area contributed by atoms with Crippen molar-refractivity contribution in [2.24, 2.45) is 0 Å². The first kappa shape index (κ1) is 9.61. The van der Waals surface area contributed by atoms with Crippen LogP contribution >= 0.6 is 45.7 Å². The number of rotatable bonds is 1. The molecule has 1 aromatic heterocycles. The zero-order chi connectivity index (χ0) is 9.42. The Morgan fingerprint density at radius 3 is 3.00 bits per heavy atom. The molecule has 0 unspecified atom stereocenters. The molecule has 0 bridgehead atoms. The summed E-state index contributed by atoms with van der Waals surface area (Å²) in [6.45, 7) is 0. The smallest absolute Gasteiger partial charge is 0.0602 e. The van der Waals surface area contributed by atoms with Crippen LogP contribution in [0.15, 0.2) is 22.4 Å². The minimum Gasteiger partial charge on any atom is -0.397 e. The molecule has 2 N–H and O–H groups in total. The van der Waals surface area contributed by atoms with E-state index in [1.807, 2.05) is 0 Å². The van der Waals surface area contributed by atoms with Gasteiger partial charge in [-0.3, -0.25) is 0 Å². The average molecular weight is 321 g/mol.